The quantitative estimate of drug-likeness (QED) is 0.165. The minimum Gasteiger partial charge on any atom is -0.311 e. The molecule has 0 bridgehead atoms. The van der Waals surface area contributed by atoms with Crippen LogP contribution < -0.4 is 4.90 Å². The number of para-hydroxylation sites is 2. The van der Waals surface area contributed by atoms with E-state index in [9.17, 15) is 0 Å². The zero-order chi connectivity index (χ0) is 38.1. The van der Waals surface area contributed by atoms with Gasteiger partial charge < -0.3 is 9.47 Å². The Morgan fingerprint density at radius 2 is 1.04 bits per heavy atom. The highest BCUT2D eigenvalue weighted by atomic mass is 15.1. The molecule has 1 heterocycles. The summed E-state index contributed by atoms with van der Waals surface area (Å²) >= 11 is 0. The molecule has 0 aliphatic heterocycles. The fourth-order valence-electron chi connectivity index (χ4n) is 9.72. The van der Waals surface area contributed by atoms with Crippen LogP contribution >= 0.6 is 0 Å². The summed E-state index contributed by atoms with van der Waals surface area (Å²) in [5, 5.41) is 5.15. The van der Waals surface area contributed by atoms with Crippen LogP contribution in [0, 0.1) is 5.92 Å². The Balaban J connectivity index is 0.923. The summed E-state index contributed by atoms with van der Waals surface area (Å²) in [6, 6.07) is 66.8. The maximum absolute atomic E-state index is 2.50. The van der Waals surface area contributed by atoms with Crippen LogP contribution in [0.2, 0.25) is 0 Å². The van der Waals surface area contributed by atoms with Crippen LogP contribution in [-0.2, 0) is 5.41 Å². The Labute approximate surface area is 334 Å². The SMILES string of the molecule is CC1(C)c2cc3c4ccccc4n(-c4ccc(-c5ccc(N(c6ccccc6)c6ccc(-c7ccc8ccccc8c7)cc6)cc5)cc4)c3cc2C2C=CC=CC21. The Hall–Kier alpha value is -6.90. The number of anilines is 3. The number of fused-ring (bicyclic) bond motifs is 7. The predicted molar refractivity (Wildman–Crippen MR) is 241 cm³/mol. The van der Waals surface area contributed by atoms with Crippen molar-refractivity contribution in [2.24, 2.45) is 5.92 Å². The lowest BCUT2D eigenvalue weighted by Crippen LogP contribution is -2.24. The number of nitrogens with zero attached hydrogens (tertiary/aromatic N) is 2. The van der Waals surface area contributed by atoms with E-state index in [1.165, 1.54) is 71.6 Å². The molecular formula is C55H42N2. The van der Waals surface area contributed by atoms with Crippen LogP contribution in [-0.4, -0.2) is 4.57 Å². The van der Waals surface area contributed by atoms with Gasteiger partial charge in [0.15, 0.2) is 0 Å². The van der Waals surface area contributed by atoms with Crippen molar-refractivity contribution >= 4 is 49.6 Å². The van der Waals surface area contributed by atoms with Crippen LogP contribution in [0.3, 0.4) is 0 Å². The highest BCUT2D eigenvalue weighted by molar-refractivity contribution is 6.10. The summed E-state index contributed by atoms with van der Waals surface area (Å²) < 4.78 is 2.46. The zero-order valence-corrected chi connectivity index (χ0v) is 32.2. The van der Waals surface area contributed by atoms with E-state index in [0.717, 1.165) is 17.1 Å². The molecule has 0 fully saturated rings. The predicted octanol–water partition coefficient (Wildman–Crippen LogP) is 14.9. The summed E-state index contributed by atoms with van der Waals surface area (Å²) in [6.07, 6.45) is 9.26. The van der Waals surface area contributed by atoms with Gasteiger partial charge in [-0.15, -0.1) is 0 Å². The van der Waals surface area contributed by atoms with Crippen LogP contribution in [0.15, 0.2) is 206 Å². The first-order valence-corrected chi connectivity index (χ1v) is 20.1. The van der Waals surface area contributed by atoms with Gasteiger partial charge in [-0.25, -0.2) is 0 Å². The third-order valence-corrected chi connectivity index (χ3v) is 12.7. The van der Waals surface area contributed by atoms with E-state index in [0.29, 0.717) is 11.8 Å². The standard InChI is InChI=1S/C55H42N2/c1-55(2)51-18-10-8-16-47(51)49-36-54-50(35-52(49)55)48-17-9-11-19-53(48)57(54)46-32-24-39(25-33-46)38-22-28-44(29-23-38)56(43-14-4-3-5-15-43)45-30-26-40(27-31-45)42-21-20-37-12-6-7-13-41(37)34-42/h3-36,47,51H,1-2H3. The highest BCUT2D eigenvalue weighted by Gasteiger charge is 2.44. The van der Waals surface area contributed by atoms with E-state index < -0.39 is 0 Å². The summed E-state index contributed by atoms with van der Waals surface area (Å²) in [7, 11) is 0. The third-order valence-electron chi connectivity index (χ3n) is 12.7. The number of hydrogen-bond donors (Lipinski definition) is 0. The molecule has 1 aromatic heterocycles. The van der Waals surface area contributed by atoms with Crippen molar-refractivity contribution < 1.29 is 0 Å². The number of aromatic nitrogens is 1. The molecule has 8 aromatic carbocycles. The van der Waals surface area contributed by atoms with Gasteiger partial charge in [-0.3, -0.25) is 0 Å². The van der Waals surface area contributed by atoms with Crippen molar-refractivity contribution in [3.8, 4) is 27.9 Å². The van der Waals surface area contributed by atoms with Gasteiger partial charge in [0, 0.05) is 39.4 Å². The lowest BCUT2D eigenvalue weighted by Gasteiger charge is -2.29. The van der Waals surface area contributed by atoms with Crippen LogP contribution in [0.4, 0.5) is 17.1 Å². The Morgan fingerprint density at radius 3 is 1.77 bits per heavy atom. The maximum Gasteiger partial charge on any atom is 0.0544 e. The minimum absolute atomic E-state index is 0.0804. The van der Waals surface area contributed by atoms with Gasteiger partial charge in [-0.2, -0.15) is 0 Å². The van der Waals surface area contributed by atoms with Crippen molar-refractivity contribution in [3.63, 3.8) is 0 Å². The van der Waals surface area contributed by atoms with Crippen LogP contribution in [0.5, 0.6) is 0 Å². The molecule has 0 spiro atoms. The van der Waals surface area contributed by atoms with Gasteiger partial charge in [0.2, 0.25) is 0 Å². The average molecular weight is 731 g/mol. The molecule has 0 N–H and O–H groups in total. The van der Waals surface area contributed by atoms with Gasteiger partial charge in [0.1, 0.15) is 0 Å². The molecule has 2 unspecified atom stereocenters. The average Bonchev–Trinajstić information content (AvgIpc) is 3.71. The first-order valence-electron chi connectivity index (χ1n) is 20.1. The number of hydrogen-bond acceptors (Lipinski definition) is 1. The smallest absolute Gasteiger partial charge is 0.0544 e. The van der Waals surface area contributed by atoms with E-state index in [1.807, 2.05) is 0 Å². The lowest BCUT2D eigenvalue weighted by molar-refractivity contribution is 0.394. The van der Waals surface area contributed by atoms with E-state index in [2.05, 4.69) is 230 Å². The van der Waals surface area contributed by atoms with Crippen LogP contribution in [0.1, 0.15) is 30.9 Å². The molecule has 272 valence electrons. The van der Waals surface area contributed by atoms with Gasteiger partial charge >= 0.3 is 0 Å². The van der Waals surface area contributed by atoms with Crippen molar-refractivity contribution in [2.45, 2.75) is 25.2 Å². The van der Waals surface area contributed by atoms with E-state index >= 15 is 0 Å². The number of benzene rings is 8. The molecule has 2 nitrogen and oxygen atoms in total. The third kappa shape index (κ3) is 5.47. The van der Waals surface area contributed by atoms with Gasteiger partial charge in [-0.05, 0) is 128 Å². The van der Waals surface area contributed by atoms with Gasteiger partial charge in [-0.1, -0.05) is 147 Å². The van der Waals surface area contributed by atoms with Crippen molar-refractivity contribution in [1.82, 2.24) is 4.57 Å². The molecule has 0 amide bonds. The molecule has 2 aliphatic rings. The molecule has 2 aliphatic carbocycles. The van der Waals surface area contributed by atoms with Gasteiger partial charge in [0.05, 0.1) is 11.0 Å². The van der Waals surface area contributed by atoms with E-state index in [-0.39, 0.29) is 5.41 Å². The normalized spacial score (nSPS) is 16.6. The van der Waals surface area contributed by atoms with E-state index in [1.54, 1.807) is 0 Å². The highest BCUT2D eigenvalue weighted by Crippen LogP contribution is 2.54. The van der Waals surface area contributed by atoms with Crippen molar-refractivity contribution in [3.05, 3.63) is 217 Å². The largest absolute Gasteiger partial charge is 0.311 e. The molecule has 0 radical (unpaired) electrons. The summed E-state index contributed by atoms with van der Waals surface area (Å²) in [6.45, 7) is 4.83. The second-order valence-corrected chi connectivity index (χ2v) is 16.2. The molecule has 57 heavy (non-hydrogen) atoms. The minimum atomic E-state index is 0.0804. The van der Waals surface area contributed by atoms with Crippen molar-refractivity contribution in [1.29, 1.82) is 0 Å². The topological polar surface area (TPSA) is 8.17 Å². The molecule has 2 heteroatoms. The molecule has 11 rings (SSSR count). The zero-order valence-electron chi connectivity index (χ0n) is 32.2. The molecule has 0 saturated heterocycles. The van der Waals surface area contributed by atoms with Gasteiger partial charge in [0.25, 0.3) is 0 Å². The Morgan fingerprint density at radius 1 is 0.456 bits per heavy atom. The number of rotatable bonds is 6. The summed E-state index contributed by atoms with van der Waals surface area (Å²) in [5.74, 6) is 0.893. The monoisotopic (exact) mass is 730 g/mol. The van der Waals surface area contributed by atoms with E-state index in [4.69, 9.17) is 0 Å². The second-order valence-electron chi connectivity index (χ2n) is 16.2. The lowest BCUT2D eigenvalue weighted by atomic mass is 9.74. The molecular weight excluding hydrogens is 689 g/mol. The molecule has 2 atom stereocenters. The maximum atomic E-state index is 2.50. The molecule has 0 saturated carbocycles. The summed E-state index contributed by atoms with van der Waals surface area (Å²) in [5.41, 5.74) is 14.9. The second kappa shape index (κ2) is 13.1. The first kappa shape index (κ1) is 33.4. The molecule has 9 aromatic rings. The van der Waals surface area contributed by atoms with Crippen molar-refractivity contribution in [2.75, 3.05) is 4.90 Å². The summed E-state index contributed by atoms with van der Waals surface area (Å²) in [4.78, 5) is 2.33. The Kier molecular flexibility index (Phi) is 7.69. The Bertz CT molecular complexity index is 3020. The first-order chi connectivity index (χ1) is 28.0. The fraction of sp³-hybridized carbons (Fsp3) is 0.0909. The fourth-order valence-corrected chi connectivity index (χ4v) is 9.72. The number of allylic oxidation sites excluding steroid dienone is 4. The van der Waals surface area contributed by atoms with Crippen LogP contribution in [0.25, 0.3) is 60.5 Å².